The molecule has 0 saturated carbocycles. The summed E-state index contributed by atoms with van der Waals surface area (Å²) < 4.78 is 1.94. The lowest BCUT2D eigenvalue weighted by atomic mass is 9.96. The Labute approximate surface area is 189 Å². The van der Waals surface area contributed by atoms with Crippen LogP contribution in [0.4, 0.5) is 0 Å². The van der Waals surface area contributed by atoms with Crippen LogP contribution in [0.5, 0.6) is 0 Å². The molecule has 1 aliphatic rings. The molecule has 0 aliphatic carbocycles. The van der Waals surface area contributed by atoms with E-state index in [0.717, 1.165) is 48.5 Å². The molecule has 164 valence electrons. The third-order valence-electron chi connectivity index (χ3n) is 6.41. The van der Waals surface area contributed by atoms with E-state index in [2.05, 4.69) is 32.6 Å². The summed E-state index contributed by atoms with van der Waals surface area (Å²) in [6.07, 6.45) is 2.34. The number of rotatable bonds is 5. The molecule has 2 aromatic carbocycles. The van der Waals surface area contributed by atoms with Gasteiger partial charge in [0.2, 0.25) is 0 Å². The lowest BCUT2D eigenvalue weighted by Crippen LogP contribution is -2.42. The molecule has 0 bridgehead atoms. The van der Waals surface area contributed by atoms with Crippen molar-refractivity contribution in [1.82, 2.24) is 14.5 Å². The largest absolute Gasteiger partial charge is 0.301 e. The van der Waals surface area contributed by atoms with Gasteiger partial charge >= 0.3 is 0 Å². The number of fused-ring (bicyclic) bond motifs is 1. The van der Waals surface area contributed by atoms with E-state index in [4.69, 9.17) is 16.6 Å². The van der Waals surface area contributed by atoms with Crippen molar-refractivity contribution in [3.05, 3.63) is 63.7 Å². The molecule has 0 radical (unpaired) electrons. The predicted octanol–water partition coefficient (Wildman–Crippen LogP) is 5.96. The number of hydrogen-bond acceptors (Lipinski definition) is 3. The predicted molar refractivity (Wildman–Crippen MR) is 130 cm³/mol. The van der Waals surface area contributed by atoms with E-state index in [-0.39, 0.29) is 11.5 Å². The Bertz CT molecular complexity index is 1140. The summed E-state index contributed by atoms with van der Waals surface area (Å²) >= 11 is 6.41. The Hall–Kier alpha value is -2.17. The van der Waals surface area contributed by atoms with Crippen LogP contribution in [-0.2, 0) is 6.54 Å². The second-order valence-electron chi connectivity index (χ2n) is 9.35. The molecule has 4 rings (SSSR count). The van der Waals surface area contributed by atoms with E-state index in [1.54, 1.807) is 0 Å². The Morgan fingerprint density at radius 3 is 2.61 bits per heavy atom. The van der Waals surface area contributed by atoms with Gasteiger partial charge in [0.15, 0.2) is 0 Å². The summed E-state index contributed by atoms with van der Waals surface area (Å²) in [5.74, 6) is 1.53. The summed E-state index contributed by atoms with van der Waals surface area (Å²) in [5.41, 5.74) is 2.70. The Morgan fingerprint density at radius 2 is 1.90 bits per heavy atom. The maximum Gasteiger partial charge on any atom is 0.261 e. The molecular formula is C26H32ClN3O. The SMILES string of the molecule is CC(C)c1nc2ccc(-c3ccccc3Cl)cc2c(=O)n1C[C@H]1CCCN(C(C)C)C1. The van der Waals surface area contributed by atoms with Gasteiger partial charge in [0.05, 0.1) is 10.9 Å². The van der Waals surface area contributed by atoms with E-state index >= 15 is 0 Å². The van der Waals surface area contributed by atoms with Crippen LogP contribution in [0.3, 0.4) is 0 Å². The summed E-state index contributed by atoms with van der Waals surface area (Å²) in [6, 6.07) is 14.2. The number of benzene rings is 2. The number of hydrogen-bond donors (Lipinski definition) is 0. The number of halogens is 1. The van der Waals surface area contributed by atoms with Crippen molar-refractivity contribution in [3.8, 4) is 11.1 Å². The maximum absolute atomic E-state index is 13.7. The van der Waals surface area contributed by atoms with Crippen LogP contribution in [0, 0.1) is 5.92 Å². The number of piperidine rings is 1. The van der Waals surface area contributed by atoms with Crippen molar-refractivity contribution in [2.75, 3.05) is 13.1 Å². The Morgan fingerprint density at radius 1 is 1.13 bits per heavy atom. The number of nitrogens with zero attached hydrogens (tertiary/aromatic N) is 3. The zero-order chi connectivity index (χ0) is 22.1. The summed E-state index contributed by atoms with van der Waals surface area (Å²) in [6.45, 7) is 11.7. The molecule has 31 heavy (non-hydrogen) atoms. The first-order valence-corrected chi connectivity index (χ1v) is 11.8. The van der Waals surface area contributed by atoms with Gasteiger partial charge in [-0.15, -0.1) is 0 Å². The van der Waals surface area contributed by atoms with Crippen molar-refractivity contribution < 1.29 is 0 Å². The van der Waals surface area contributed by atoms with Gasteiger partial charge in [0, 0.05) is 35.6 Å². The van der Waals surface area contributed by atoms with Gasteiger partial charge < -0.3 is 4.90 Å². The first kappa shape index (κ1) is 22.0. The molecule has 0 unspecified atom stereocenters. The minimum atomic E-state index is 0.0595. The second kappa shape index (κ2) is 9.13. The number of likely N-dealkylation sites (tertiary alicyclic amines) is 1. The first-order chi connectivity index (χ1) is 14.8. The van der Waals surface area contributed by atoms with Crippen LogP contribution in [0.15, 0.2) is 47.3 Å². The smallest absolute Gasteiger partial charge is 0.261 e. The fourth-order valence-electron chi connectivity index (χ4n) is 4.69. The van der Waals surface area contributed by atoms with Gasteiger partial charge in [-0.2, -0.15) is 0 Å². The normalized spacial score (nSPS) is 17.7. The third kappa shape index (κ3) is 4.56. The fraction of sp³-hybridized carbons (Fsp3) is 0.462. The topological polar surface area (TPSA) is 38.1 Å². The van der Waals surface area contributed by atoms with Gasteiger partial charge in [-0.25, -0.2) is 4.98 Å². The van der Waals surface area contributed by atoms with Gasteiger partial charge in [0.1, 0.15) is 5.82 Å². The van der Waals surface area contributed by atoms with Crippen molar-refractivity contribution in [2.45, 2.75) is 59.0 Å². The average molecular weight is 438 g/mol. The first-order valence-electron chi connectivity index (χ1n) is 11.4. The van der Waals surface area contributed by atoms with E-state index in [0.29, 0.717) is 22.4 Å². The Kier molecular flexibility index (Phi) is 6.49. The van der Waals surface area contributed by atoms with Gasteiger partial charge in [0.25, 0.3) is 5.56 Å². The van der Waals surface area contributed by atoms with Crippen molar-refractivity contribution in [3.63, 3.8) is 0 Å². The van der Waals surface area contributed by atoms with Crippen molar-refractivity contribution in [2.24, 2.45) is 5.92 Å². The maximum atomic E-state index is 13.7. The standard InChI is InChI=1S/C26H32ClN3O/c1-17(2)25-28-24-12-11-20(21-9-5-6-10-23(21)27)14-22(24)26(31)30(25)16-19-8-7-13-29(15-19)18(3)4/h5-6,9-12,14,17-19H,7-8,13,15-16H2,1-4H3/t19-/m0/s1. The van der Waals surface area contributed by atoms with Crippen LogP contribution in [0.25, 0.3) is 22.0 Å². The molecule has 1 aromatic heterocycles. The van der Waals surface area contributed by atoms with E-state index in [1.165, 1.54) is 6.42 Å². The zero-order valence-corrected chi connectivity index (χ0v) is 19.7. The second-order valence-corrected chi connectivity index (χ2v) is 9.76. The molecule has 1 atom stereocenters. The summed E-state index contributed by atoms with van der Waals surface area (Å²) in [5, 5.41) is 1.35. The molecule has 0 spiro atoms. The van der Waals surface area contributed by atoms with Crippen LogP contribution < -0.4 is 5.56 Å². The molecule has 5 heteroatoms. The minimum Gasteiger partial charge on any atom is -0.301 e. The van der Waals surface area contributed by atoms with Gasteiger partial charge in [-0.1, -0.05) is 49.7 Å². The third-order valence-corrected chi connectivity index (χ3v) is 6.74. The summed E-state index contributed by atoms with van der Waals surface area (Å²) in [7, 11) is 0. The molecule has 1 aliphatic heterocycles. The quantitative estimate of drug-likeness (QED) is 0.494. The molecule has 0 amide bonds. The molecule has 1 saturated heterocycles. The van der Waals surface area contributed by atoms with Crippen LogP contribution in [0.2, 0.25) is 5.02 Å². The van der Waals surface area contributed by atoms with Gasteiger partial charge in [-0.05, 0) is 62.9 Å². The lowest BCUT2D eigenvalue weighted by molar-refractivity contribution is 0.129. The van der Waals surface area contributed by atoms with Crippen LogP contribution >= 0.6 is 11.6 Å². The molecule has 4 nitrogen and oxygen atoms in total. The molecule has 1 fully saturated rings. The van der Waals surface area contributed by atoms with Crippen molar-refractivity contribution in [1.29, 1.82) is 0 Å². The van der Waals surface area contributed by atoms with Crippen LogP contribution in [-0.4, -0.2) is 33.6 Å². The molecular weight excluding hydrogens is 406 g/mol. The monoisotopic (exact) mass is 437 g/mol. The fourth-order valence-corrected chi connectivity index (χ4v) is 4.94. The van der Waals surface area contributed by atoms with E-state index in [9.17, 15) is 4.79 Å². The molecule has 2 heterocycles. The highest BCUT2D eigenvalue weighted by atomic mass is 35.5. The van der Waals surface area contributed by atoms with Crippen molar-refractivity contribution >= 4 is 22.5 Å². The highest BCUT2D eigenvalue weighted by Gasteiger charge is 2.24. The average Bonchev–Trinajstić information content (AvgIpc) is 2.76. The Balaban J connectivity index is 1.78. The number of aromatic nitrogens is 2. The van der Waals surface area contributed by atoms with E-state index < -0.39 is 0 Å². The lowest BCUT2D eigenvalue weighted by Gasteiger charge is -2.36. The molecule has 3 aromatic rings. The minimum absolute atomic E-state index is 0.0595. The summed E-state index contributed by atoms with van der Waals surface area (Å²) in [4.78, 5) is 21.1. The highest BCUT2D eigenvalue weighted by molar-refractivity contribution is 6.33. The zero-order valence-electron chi connectivity index (χ0n) is 18.9. The van der Waals surface area contributed by atoms with Gasteiger partial charge in [-0.3, -0.25) is 9.36 Å². The molecule has 0 N–H and O–H groups in total. The van der Waals surface area contributed by atoms with E-state index in [1.807, 2.05) is 47.0 Å². The van der Waals surface area contributed by atoms with Crippen LogP contribution in [0.1, 0.15) is 52.3 Å². The highest BCUT2D eigenvalue weighted by Crippen LogP contribution is 2.29.